The van der Waals surface area contributed by atoms with Gasteiger partial charge in [0.1, 0.15) is 29.7 Å². The molecule has 0 aromatic carbocycles. The van der Waals surface area contributed by atoms with E-state index in [1.807, 2.05) is 6.92 Å². The molecule has 1 saturated heterocycles. The summed E-state index contributed by atoms with van der Waals surface area (Å²) in [6.45, 7) is 12.9. The fraction of sp³-hybridized carbons (Fsp3) is 0.722. The Hall–Kier alpha value is -1.59. The third kappa shape index (κ3) is 3.66. The monoisotopic (exact) mass is 409 g/mol. The third-order valence-electron chi connectivity index (χ3n) is 5.84. The van der Waals surface area contributed by atoms with Gasteiger partial charge in [-0.25, -0.2) is 15.0 Å². The Labute approximate surface area is 166 Å². The van der Waals surface area contributed by atoms with Crippen molar-refractivity contribution in [1.29, 1.82) is 0 Å². The number of rotatable bonds is 5. The van der Waals surface area contributed by atoms with E-state index in [0.717, 1.165) is 0 Å². The molecule has 9 nitrogen and oxygen atoms in total. The first kappa shape index (κ1) is 21.1. The van der Waals surface area contributed by atoms with Crippen LogP contribution in [0, 0.1) is 0 Å². The van der Waals surface area contributed by atoms with Crippen molar-refractivity contribution in [2.24, 2.45) is 0 Å². The van der Waals surface area contributed by atoms with E-state index in [1.165, 1.54) is 6.33 Å². The van der Waals surface area contributed by atoms with Gasteiger partial charge in [0, 0.05) is 6.42 Å². The van der Waals surface area contributed by atoms with Gasteiger partial charge in [0.25, 0.3) is 0 Å². The van der Waals surface area contributed by atoms with Crippen molar-refractivity contribution < 1.29 is 19.4 Å². The second kappa shape index (κ2) is 7.34. The van der Waals surface area contributed by atoms with E-state index in [0.29, 0.717) is 23.4 Å². The first-order valence-electron chi connectivity index (χ1n) is 9.60. The fourth-order valence-electron chi connectivity index (χ4n) is 2.93. The third-order valence-corrected chi connectivity index (χ3v) is 10.3. The lowest BCUT2D eigenvalue weighted by Crippen LogP contribution is -2.44. The molecule has 0 amide bonds. The number of ether oxygens (including phenoxy) is 1. The van der Waals surface area contributed by atoms with Crippen molar-refractivity contribution in [3.8, 4) is 0 Å². The first-order chi connectivity index (χ1) is 13.0. The van der Waals surface area contributed by atoms with Crippen molar-refractivity contribution in [3.05, 3.63) is 12.2 Å². The van der Waals surface area contributed by atoms with Crippen LogP contribution in [0.5, 0.6) is 0 Å². The molecule has 0 spiro atoms. The number of aryl methyl sites for hydroxylation is 1. The molecule has 2 aromatic heterocycles. The lowest BCUT2D eigenvalue weighted by molar-refractivity contribution is -0.0491. The molecule has 3 heterocycles. The minimum absolute atomic E-state index is 0.0418. The average molecular weight is 410 g/mol. The number of fused-ring (bicyclic) bond motifs is 1. The van der Waals surface area contributed by atoms with E-state index in [-0.39, 0.29) is 17.5 Å². The number of nitrogens with two attached hydrogens (primary N) is 1. The molecule has 156 valence electrons. The summed E-state index contributed by atoms with van der Waals surface area (Å²) in [5, 5.41) is 21.2. The van der Waals surface area contributed by atoms with Crippen LogP contribution in [0.2, 0.25) is 18.1 Å². The van der Waals surface area contributed by atoms with E-state index < -0.39 is 32.9 Å². The average Bonchev–Trinajstić information content (AvgIpc) is 3.15. The number of nitrogens with zero attached hydrogens (tertiary/aromatic N) is 4. The minimum atomic E-state index is -2.00. The largest absolute Gasteiger partial charge is 0.414 e. The van der Waals surface area contributed by atoms with Crippen molar-refractivity contribution in [3.63, 3.8) is 0 Å². The standard InChI is InChI=1S/C18H31N5O4Si/c1-7-11-21-15(19)12-16(22-11)23(9-20-12)17-14(25)13(24)10(27-17)8-26-28(5,6)18(2,3)4/h9-10,13-14,17,24-25H,7-8H2,1-6H3,(H2,19,21,22)/t10-,13-,14-,17-/m1/s1. The van der Waals surface area contributed by atoms with E-state index in [1.54, 1.807) is 4.57 Å². The molecule has 10 heteroatoms. The molecule has 0 bridgehead atoms. The number of nitrogen functional groups attached to an aromatic ring is 1. The van der Waals surface area contributed by atoms with E-state index in [4.69, 9.17) is 14.9 Å². The second-order valence-electron chi connectivity index (χ2n) is 8.82. The zero-order valence-electron chi connectivity index (χ0n) is 17.4. The number of anilines is 1. The van der Waals surface area contributed by atoms with Crippen molar-refractivity contribution >= 4 is 25.3 Å². The van der Waals surface area contributed by atoms with Crippen LogP contribution in [0.15, 0.2) is 6.33 Å². The van der Waals surface area contributed by atoms with Crippen LogP contribution in [-0.2, 0) is 15.6 Å². The van der Waals surface area contributed by atoms with Crippen LogP contribution in [-0.4, -0.2) is 63.0 Å². The molecule has 0 aliphatic carbocycles. The number of aliphatic hydroxyl groups is 2. The van der Waals surface area contributed by atoms with Gasteiger partial charge in [0.15, 0.2) is 26.0 Å². The van der Waals surface area contributed by atoms with E-state index in [9.17, 15) is 10.2 Å². The Morgan fingerprint density at radius 3 is 2.54 bits per heavy atom. The van der Waals surface area contributed by atoms with Crippen molar-refractivity contribution in [2.45, 2.75) is 76.8 Å². The zero-order valence-corrected chi connectivity index (χ0v) is 18.4. The summed E-state index contributed by atoms with van der Waals surface area (Å²) in [7, 11) is -2.00. The maximum atomic E-state index is 10.6. The minimum Gasteiger partial charge on any atom is -0.414 e. The quantitative estimate of drug-likeness (QED) is 0.635. The van der Waals surface area contributed by atoms with Crippen LogP contribution in [0.4, 0.5) is 5.82 Å². The van der Waals surface area contributed by atoms with Gasteiger partial charge in [-0.05, 0) is 18.1 Å². The second-order valence-corrected chi connectivity index (χ2v) is 13.6. The Morgan fingerprint density at radius 2 is 1.93 bits per heavy atom. The number of aliphatic hydroxyl groups excluding tert-OH is 2. The maximum absolute atomic E-state index is 10.6. The van der Waals surface area contributed by atoms with Gasteiger partial charge in [-0.3, -0.25) is 4.57 Å². The summed E-state index contributed by atoms with van der Waals surface area (Å²) >= 11 is 0. The highest BCUT2D eigenvalue weighted by atomic mass is 28.4. The highest BCUT2D eigenvalue weighted by Crippen LogP contribution is 2.38. The predicted molar refractivity (Wildman–Crippen MR) is 108 cm³/mol. The highest BCUT2D eigenvalue weighted by Gasteiger charge is 2.46. The molecular formula is C18H31N5O4Si. The van der Waals surface area contributed by atoms with Gasteiger partial charge in [0.2, 0.25) is 0 Å². The highest BCUT2D eigenvalue weighted by molar-refractivity contribution is 6.74. The Bertz CT molecular complexity index is 850. The number of aromatic nitrogens is 4. The Kier molecular flexibility index (Phi) is 5.54. The van der Waals surface area contributed by atoms with Crippen LogP contribution < -0.4 is 5.73 Å². The summed E-state index contributed by atoms with van der Waals surface area (Å²) < 4.78 is 13.8. The van der Waals surface area contributed by atoms with Crippen LogP contribution in [0.1, 0.15) is 39.7 Å². The topological polar surface area (TPSA) is 129 Å². The Balaban J connectivity index is 1.83. The van der Waals surface area contributed by atoms with Gasteiger partial charge in [-0.1, -0.05) is 27.7 Å². The SMILES string of the molecule is CCc1nc(N)c2ncn([C@@H]3O[C@H](CO[Si](C)(C)C(C)(C)C)[C@@H](O)[C@H]3O)c2n1. The lowest BCUT2D eigenvalue weighted by atomic mass is 10.1. The summed E-state index contributed by atoms with van der Waals surface area (Å²) in [6, 6.07) is 0. The van der Waals surface area contributed by atoms with Gasteiger partial charge < -0.3 is 25.1 Å². The lowest BCUT2D eigenvalue weighted by Gasteiger charge is -2.37. The van der Waals surface area contributed by atoms with Crippen LogP contribution >= 0.6 is 0 Å². The van der Waals surface area contributed by atoms with E-state index in [2.05, 4.69) is 48.8 Å². The summed E-state index contributed by atoms with van der Waals surface area (Å²) in [5.74, 6) is 0.865. The molecule has 1 aliphatic heterocycles. The number of hydrogen-bond donors (Lipinski definition) is 3. The molecule has 1 fully saturated rings. The first-order valence-corrected chi connectivity index (χ1v) is 12.5. The molecule has 1 aliphatic rings. The molecule has 28 heavy (non-hydrogen) atoms. The van der Waals surface area contributed by atoms with Crippen molar-refractivity contribution in [1.82, 2.24) is 19.5 Å². The molecule has 0 saturated carbocycles. The molecule has 3 rings (SSSR count). The molecule has 0 radical (unpaired) electrons. The smallest absolute Gasteiger partial charge is 0.192 e. The normalized spacial score (nSPS) is 26.3. The maximum Gasteiger partial charge on any atom is 0.192 e. The molecule has 4 N–H and O–H groups in total. The number of hydrogen-bond acceptors (Lipinski definition) is 8. The molecule has 2 aromatic rings. The predicted octanol–water partition coefficient (Wildman–Crippen LogP) is 1.61. The molecule has 0 unspecified atom stereocenters. The summed E-state index contributed by atoms with van der Waals surface area (Å²) in [5.41, 5.74) is 6.90. The number of imidazole rings is 1. The summed E-state index contributed by atoms with van der Waals surface area (Å²) in [6.07, 6.45) is -1.55. The molecular weight excluding hydrogens is 378 g/mol. The molecule has 4 atom stereocenters. The summed E-state index contributed by atoms with van der Waals surface area (Å²) in [4.78, 5) is 12.9. The van der Waals surface area contributed by atoms with E-state index >= 15 is 0 Å². The fourth-order valence-corrected chi connectivity index (χ4v) is 3.95. The van der Waals surface area contributed by atoms with Gasteiger partial charge in [-0.15, -0.1) is 0 Å². The van der Waals surface area contributed by atoms with Crippen molar-refractivity contribution in [2.75, 3.05) is 12.3 Å². The van der Waals surface area contributed by atoms with Gasteiger partial charge >= 0.3 is 0 Å². The Morgan fingerprint density at radius 1 is 1.25 bits per heavy atom. The van der Waals surface area contributed by atoms with Crippen LogP contribution in [0.25, 0.3) is 11.2 Å². The van der Waals surface area contributed by atoms with Gasteiger partial charge in [-0.2, -0.15) is 0 Å². The van der Waals surface area contributed by atoms with Gasteiger partial charge in [0.05, 0.1) is 12.9 Å². The zero-order chi connectivity index (χ0) is 20.9. The van der Waals surface area contributed by atoms with Crippen LogP contribution in [0.3, 0.4) is 0 Å².